The van der Waals surface area contributed by atoms with Gasteiger partial charge >= 0.3 is 0 Å². The molecule has 4 rings (SSSR count). The minimum absolute atomic E-state index is 0.120. The van der Waals surface area contributed by atoms with E-state index in [0.29, 0.717) is 27.7 Å². The lowest BCUT2D eigenvalue weighted by molar-refractivity contribution is -0.122. The number of amides is 2. The van der Waals surface area contributed by atoms with Crippen LogP contribution in [0, 0.1) is 11.8 Å². The number of carbonyl (C=O) groups is 2. The molecule has 0 spiro atoms. The van der Waals surface area contributed by atoms with E-state index in [1.54, 1.807) is 24.3 Å². The molecule has 2 fully saturated rings. The van der Waals surface area contributed by atoms with E-state index in [9.17, 15) is 9.59 Å². The Balaban J connectivity index is 1.33. The zero-order chi connectivity index (χ0) is 17.4. The molecule has 1 aromatic carbocycles. The van der Waals surface area contributed by atoms with E-state index in [1.165, 1.54) is 18.2 Å². The molecule has 25 heavy (non-hydrogen) atoms. The topological polar surface area (TPSA) is 70.6 Å². The Morgan fingerprint density at radius 1 is 1.28 bits per heavy atom. The summed E-state index contributed by atoms with van der Waals surface area (Å²) in [6, 6.07) is 7.15. The Morgan fingerprint density at radius 2 is 2.08 bits per heavy atom. The molecule has 1 aromatic rings. The maximum atomic E-state index is 12.2. The van der Waals surface area contributed by atoms with Crippen molar-refractivity contribution in [3.63, 3.8) is 0 Å². The van der Waals surface area contributed by atoms with Crippen molar-refractivity contribution in [1.82, 2.24) is 5.32 Å². The molecule has 3 aliphatic rings. The van der Waals surface area contributed by atoms with Crippen LogP contribution >= 0.6 is 23.4 Å². The molecule has 1 saturated carbocycles. The molecule has 1 aliphatic heterocycles. The van der Waals surface area contributed by atoms with Gasteiger partial charge in [0.2, 0.25) is 11.8 Å². The van der Waals surface area contributed by atoms with Gasteiger partial charge in [-0.1, -0.05) is 35.5 Å². The van der Waals surface area contributed by atoms with E-state index in [0.717, 1.165) is 6.42 Å². The van der Waals surface area contributed by atoms with Crippen LogP contribution in [0.25, 0.3) is 0 Å². The summed E-state index contributed by atoms with van der Waals surface area (Å²) in [5.41, 5.74) is 0.667. The Hall–Kier alpha value is -1.79. The number of nitrogens with one attached hydrogen (secondary N) is 2. The van der Waals surface area contributed by atoms with E-state index in [-0.39, 0.29) is 24.3 Å². The molecule has 2 amide bonds. The van der Waals surface area contributed by atoms with Crippen molar-refractivity contribution in [1.29, 1.82) is 0 Å². The number of benzene rings is 1. The number of carbonyl (C=O) groups excluding carboxylic acids is 2. The summed E-state index contributed by atoms with van der Waals surface area (Å²) in [6.07, 6.45) is 6.86. The quantitative estimate of drug-likeness (QED) is 0.794. The number of allylic oxidation sites excluding steroid dienone is 1. The molecular formula is C18H18ClN3O2S. The molecule has 130 valence electrons. The number of thioether (sulfide) groups is 1. The van der Waals surface area contributed by atoms with Crippen LogP contribution in [-0.2, 0) is 9.59 Å². The van der Waals surface area contributed by atoms with Crippen LogP contribution in [0.3, 0.4) is 0 Å². The third-order valence-electron chi connectivity index (χ3n) is 4.80. The minimum Gasteiger partial charge on any atom is -0.326 e. The van der Waals surface area contributed by atoms with Crippen molar-refractivity contribution in [3.05, 3.63) is 41.4 Å². The van der Waals surface area contributed by atoms with Gasteiger partial charge in [0.1, 0.15) is 5.25 Å². The first kappa shape index (κ1) is 16.7. The number of amidine groups is 1. The summed E-state index contributed by atoms with van der Waals surface area (Å²) in [7, 11) is 0. The van der Waals surface area contributed by atoms with E-state index >= 15 is 0 Å². The second kappa shape index (κ2) is 6.84. The van der Waals surface area contributed by atoms with Crippen molar-refractivity contribution in [2.45, 2.75) is 30.6 Å². The Bertz CT molecular complexity index is 762. The fourth-order valence-corrected chi connectivity index (χ4v) is 4.72. The van der Waals surface area contributed by atoms with Gasteiger partial charge in [-0.25, -0.2) is 0 Å². The Kier molecular flexibility index (Phi) is 4.56. The van der Waals surface area contributed by atoms with Gasteiger partial charge in [0, 0.05) is 17.1 Å². The maximum Gasteiger partial charge on any atom is 0.240 e. The molecule has 2 bridgehead atoms. The fourth-order valence-electron chi connectivity index (χ4n) is 3.57. The van der Waals surface area contributed by atoms with Gasteiger partial charge in [-0.15, -0.1) is 0 Å². The van der Waals surface area contributed by atoms with Crippen LogP contribution in [0.2, 0.25) is 5.02 Å². The van der Waals surface area contributed by atoms with Crippen LogP contribution in [0.4, 0.5) is 5.69 Å². The Morgan fingerprint density at radius 3 is 2.76 bits per heavy atom. The molecule has 0 aromatic heterocycles. The molecule has 2 aliphatic carbocycles. The monoisotopic (exact) mass is 375 g/mol. The van der Waals surface area contributed by atoms with Gasteiger partial charge in [0.05, 0.1) is 6.04 Å². The van der Waals surface area contributed by atoms with Crippen LogP contribution in [0.5, 0.6) is 0 Å². The highest BCUT2D eigenvalue weighted by molar-refractivity contribution is 8.15. The minimum atomic E-state index is -0.430. The predicted octanol–water partition coefficient (Wildman–Crippen LogP) is 3.22. The second-order valence-electron chi connectivity index (χ2n) is 6.64. The van der Waals surface area contributed by atoms with Crippen LogP contribution in [0.15, 0.2) is 41.4 Å². The molecule has 2 N–H and O–H groups in total. The molecule has 5 nitrogen and oxygen atoms in total. The summed E-state index contributed by atoms with van der Waals surface area (Å²) in [5, 5.41) is 6.44. The molecule has 1 heterocycles. The molecule has 0 unspecified atom stereocenters. The highest BCUT2D eigenvalue weighted by Gasteiger charge is 2.38. The number of aliphatic imine (C=N–C) groups is 1. The molecule has 7 heteroatoms. The highest BCUT2D eigenvalue weighted by Crippen LogP contribution is 2.41. The smallest absolute Gasteiger partial charge is 0.240 e. The SMILES string of the molecule is O=C(C[C@H]1SC(=N[C@@H]2C[C@H]3C=C[C@H]2C3)NC1=O)Nc1ccc(Cl)cc1. The zero-order valence-electron chi connectivity index (χ0n) is 13.4. The number of anilines is 1. The lowest BCUT2D eigenvalue weighted by Gasteiger charge is -2.13. The van der Waals surface area contributed by atoms with Crippen LogP contribution in [0.1, 0.15) is 19.3 Å². The number of nitrogens with zero attached hydrogens (tertiary/aromatic N) is 1. The molecule has 4 atom stereocenters. The normalized spacial score (nSPS) is 31.6. The van der Waals surface area contributed by atoms with Gasteiger partial charge in [-0.2, -0.15) is 0 Å². The van der Waals surface area contributed by atoms with Gasteiger partial charge in [-0.3, -0.25) is 14.6 Å². The van der Waals surface area contributed by atoms with Crippen molar-refractivity contribution in [2.24, 2.45) is 16.8 Å². The fraction of sp³-hybridized carbons (Fsp3) is 0.389. The van der Waals surface area contributed by atoms with Crippen molar-refractivity contribution in [3.8, 4) is 0 Å². The first-order valence-electron chi connectivity index (χ1n) is 8.36. The summed E-state index contributed by atoms with van der Waals surface area (Å²) in [5.74, 6) is 0.803. The number of fused-ring (bicyclic) bond motifs is 2. The first-order valence-corrected chi connectivity index (χ1v) is 9.61. The summed E-state index contributed by atoms with van der Waals surface area (Å²) < 4.78 is 0. The maximum absolute atomic E-state index is 12.2. The third kappa shape index (κ3) is 3.75. The van der Waals surface area contributed by atoms with Crippen LogP contribution in [-0.4, -0.2) is 28.3 Å². The summed E-state index contributed by atoms with van der Waals surface area (Å²) in [6.45, 7) is 0. The zero-order valence-corrected chi connectivity index (χ0v) is 15.0. The first-order chi connectivity index (χ1) is 12.1. The number of rotatable bonds is 4. The third-order valence-corrected chi connectivity index (χ3v) is 6.15. The second-order valence-corrected chi connectivity index (χ2v) is 8.26. The van der Waals surface area contributed by atoms with Gasteiger partial charge in [-0.05, 0) is 48.9 Å². The average molecular weight is 376 g/mol. The van der Waals surface area contributed by atoms with E-state index < -0.39 is 5.25 Å². The van der Waals surface area contributed by atoms with Gasteiger partial charge < -0.3 is 10.6 Å². The highest BCUT2D eigenvalue weighted by atomic mass is 35.5. The van der Waals surface area contributed by atoms with Gasteiger partial charge in [0.25, 0.3) is 0 Å². The molecule has 0 radical (unpaired) electrons. The number of hydrogen-bond donors (Lipinski definition) is 2. The predicted molar refractivity (Wildman–Crippen MR) is 101 cm³/mol. The summed E-state index contributed by atoms with van der Waals surface area (Å²) >= 11 is 7.19. The average Bonchev–Trinajstić information content (AvgIpc) is 3.27. The van der Waals surface area contributed by atoms with E-state index in [1.807, 2.05) is 0 Å². The van der Waals surface area contributed by atoms with E-state index in [2.05, 4.69) is 22.8 Å². The van der Waals surface area contributed by atoms with Crippen LogP contribution < -0.4 is 10.6 Å². The molecule has 1 saturated heterocycles. The lowest BCUT2D eigenvalue weighted by Crippen LogP contribution is -2.28. The van der Waals surface area contributed by atoms with Crippen molar-refractivity contribution in [2.75, 3.05) is 5.32 Å². The molecular weight excluding hydrogens is 358 g/mol. The number of hydrogen-bond acceptors (Lipinski definition) is 4. The standard InChI is InChI=1S/C18H18ClN3O2S/c19-12-3-5-13(6-4-12)20-16(23)9-15-17(24)22-18(25-15)21-14-8-10-1-2-11(14)7-10/h1-6,10-11,14-15H,7-9H2,(H,20,23)(H,21,22,24)/t10-,11-,14+,15+/m0/s1. The van der Waals surface area contributed by atoms with Crippen molar-refractivity contribution < 1.29 is 9.59 Å². The largest absolute Gasteiger partial charge is 0.326 e. The summed E-state index contributed by atoms with van der Waals surface area (Å²) in [4.78, 5) is 29.0. The number of halogens is 1. The Labute approximate surface area is 155 Å². The van der Waals surface area contributed by atoms with E-state index in [4.69, 9.17) is 16.6 Å². The van der Waals surface area contributed by atoms with Crippen molar-refractivity contribution >= 4 is 46.0 Å². The van der Waals surface area contributed by atoms with Gasteiger partial charge in [0.15, 0.2) is 5.17 Å². The lowest BCUT2D eigenvalue weighted by atomic mass is 10.0.